The lowest BCUT2D eigenvalue weighted by Crippen LogP contribution is -1.98. The number of rotatable bonds is 1. The summed E-state index contributed by atoms with van der Waals surface area (Å²) in [4.78, 5) is 8.46. The number of aliphatic imine (C=N–C) groups is 2. The average Bonchev–Trinajstić information content (AvgIpc) is 2.78. The van der Waals surface area contributed by atoms with E-state index in [0.717, 1.165) is 11.8 Å². The number of thioether (sulfide) groups is 1. The van der Waals surface area contributed by atoms with E-state index in [-0.39, 0.29) is 21.4 Å². The second kappa shape index (κ2) is 6.19. The van der Waals surface area contributed by atoms with E-state index in [0.29, 0.717) is 21.5 Å². The van der Waals surface area contributed by atoms with Crippen molar-refractivity contribution in [3.05, 3.63) is 32.8 Å². The van der Waals surface area contributed by atoms with Crippen molar-refractivity contribution in [3.63, 3.8) is 0 Å². The first-order chi connectivity index (χ1) is 9.96. The van der Waals surface area contributed by atoms with E-state index in [1.165, 1.54) is 12.1 Å². The van der Waals surface area contributed by atoms with Gasteiger partial charge in [0.15, 0.2) is 11.3 Å². The van der Waals surface area contributed by atoms with Gasteiger partial charge in [0.1, 0.15) is 22.2 Å². The minimum absolute atomic E-state index is 0.0636. The van der Waals surface area contributed by atoms with Crippen LogP contribution < -0.4 is 0 Å². The van der Waals surface area contributed by atoms with Crippen LogP contribution in [0.15, 0.2) is 32.7 Å². The van der Waals surface area contributed by atoms with Gasteiger partial charge in [-0.2, -0.15) is 10.5 Å². The molecule has 0 radical (unpaired) electrons. The Morgan fingerprint density at radius 3 is 2.38 bits per heavy atom. The van der Waals surface area contributed by atoms with Crippen LogP contribution in [-0.4, -0.2) is 15.9 Å². The molecular weight excluding hydrogens is 331 g/mol. The average molecular weight is 337 g/mol. The first kappa shape index (κ1) is 15.4. The standard InChI is InChI=1S/C13H6Cl2N4OS/c1-6-12(21-13(18-6)7(4-16)5-17)19-8-2-9(14)11(20)10(15)3-8/h2-3,20H,1H3. The van der Waals surface area contributed by atoms with Crippen LogP contribution in [-0.2, 0) is 0 Å². The maximum Gasteiger partial charge on any atom is 0.162 e. The Morgan fingerprint density at radius 1 is 1.29 bits per heavy atom. The number of aromatic hydroxyl groups is 1. The third-order valence-electron chi connectivity index (χ3n) is 2.44. The summed E-state index contributed by atoms with van der Waals surface area (Å²) in [6, 6.07) is 6.49. The van der Waals surface area contributed by atoms with Crippen LogP contribution in [0.1, 0.15) is 6.92 Å². The van der Waals surface area contributed by atoms with Gasteiger partial charge in [0.2, 0.25) is 0 Å². The Morgan fingerprint density at radius 2 is 1.86 bits per heavy atom. The molecule has 0 saturated carbocycles. The largest absolute Gasteiger partial charge is 0.505 e. The predicted molar refractivity (Wildman–Crippen MR) is 84.2 cm³/mol. The second-order valence-corrected chi connectivity index (χ2v) is 5.67. The van der Waals surface area contributed by atoms with Crippen LogP contribution in [0.5, 0.6) is 5.75 Å². The molecule has 1 N–H and O–H groups in total. The molecule has 2 rings (SSSR count). The molecule has 0 unspecified atom stereocenters. The zero-order valence-electron chi connectivity index (χ0n) is 10.6. The molecule has 0 amide bonds. The molecule has 8 heteroatoms. The molecule has 1 aromatic rings. The molecule has 1 aromatic carbocycles. The van der Waals surface area contributed by atoms with Crippen LogP contribution in [0.2, 0.25) is 10.0 Å². The quantitative estimate of drug-likeness (QED) is 0.778. The number of nitriles is 2. The van der Waals surface area contributed by atoms with Gasteiger partial charge in [0.05, 0.1) is 21.4 Å². The van der Waals surface area contributed by atoms with E-state index < -0.39 is 0 Å². The van der Waals surface area contributed by atoms with Gasteiger partial charge in [-0.25, -0.2) is 9.98 Å². The highest BCUT2D eigenvalue weighted by Crippen LogP contribution is 2.37. The van der Waals surface area contributed by atoms with Crippen molar-refractivity contribution < 1.29 is 5.11 Å². The molecule has 5 nitrogen and oxygen atoms in total. The number of allylic oxidation sites excluding steroid dienone is 1. The van der Waals surface area contributed by atoms with Crippen LogP contribution in [0.4, 0.5) is 5.69 Å². The fourth-order valence-corrected chi connectivity index (χ4v) is 2.83. The smallest absolute Gasteiger partial charge is 0.162 e. The lowest BCUT2D eigenvalue weighted by atomic mass is 10.3. The highest BCUT2D eigenvalue weighted by molar-refractivity contribution is 8.19. The molecular formula is C13H6Cl2N4OS. The molecule has 0 atom stereocenters. The van der Waals surface area contributed by atoms with Gasteiger partial charge in [0.25, 0.3) is 0 Å². The zero-order chi connectivity index (χ0) is 15.6. The summed E-state index contributed by atoms with van der Waals surface area (Å²) >= 11 is 12.8. The van der Waals surface area contributed by atoms with E-state index >= 15 is 0 Å². The van der Waals surface area contributed by atoms with Crippen molar-refractivity contribution in [2.75, 3.05) is 0 Å². The molecule has 0 spiro atoms. The molecule has 0 aliphatic carbocycles. The van der Waals surface area contributed by atoms with Crippen molar-refractivity contribution >= 4 is 51.4 Å². The van der Waals surface area contributed by atoms with Gasteiger partial charge in [-0.05, 0) is 30.8 Å². The maximum absolute atomic E-state index is 9.50. The van der Waals surface area contributed by atoms with Gasteiger partial charge in [-0.15, -0.1) is 0 Å². The van der Waals surface area contributed by atoms with E-state index in [1.807, 2.05) is 0 Å². The van der Waals surface area contributed by atoms with Gasteiger partial charge in [-0.1, -0.05) is 23.2 Å². The van der Waals surface area contributed by atoms with Crippen LogP contribution in [0, 0.1) is 22.7 Å². The Kier molecular flexibility index (Phi) is 4.54. The molecule has 0 saturated heterocycles. The minimum Gasteiger partial charge on any atom is -0.505 e. The Labute approximate surface area is 134 Å². The van der Waals surface area contributed by atoms with Gasteiger partial charge in [-0.3, -0.25) is 0 Å². The number of phenols is 1. The van der Waals surface area contributed by atoms with Crippen molar-refractivity contribution in [1.82, 2.24) is 0 Å². The number of nitrogens with zero attached hydrogens (tertiary/aromatic N) is 4. The molecule has 21 heavy (non-hydrogen) atoms. The third kappa shape index (κ3) is 3.20. The maximum atomic E-state index is 9.50. The van der Waals surface area contributed by atoms with Gasteiger partial charge in [0, 0.05) is 0 Å². The molecule has 1 aliphatic rings. The Bertz CT molecular complexity index is 760. The molecule has 0 aromatic heterocycles. The molecule has 1 heterocycles. The van der Waals surface area contributed by atoms with Crippen LogP contribution in [0.25, 0.3) is 0 Å². The minimum atomic E-state index is -0.205. The second-order valence-electron chi connectivity index (χ2n) is 3.88. The van der Waals surface area contributed by atoms with E-state index in [1.54, 1.807) is 19.1 Å². The zero-order valence-corrected chi connectivity index (χ0v) is 12.9. The first-order valence-electron chi connectivity index (χ1n) is 5.51. The number of hydrogen-bond donors (Lipinski definition) is 1. The number of hydrogen-bond acceptors (Lipinski definition) is 6. The van der Waals surface area contributed by atoms with Gasteiger partial charge >= 0.3 is 0 Å². The first-order valence-corrected chi connectivity index (χ1v) is 7.08. The summed E-state index contributed by atoms with van der Waals surface area (Å²) in [5.41, 5.74) is 0.959. The molecule has 0 fully saturated rings. The fraction of sp³-hybridized carbons (Fsp3) is 0.0769. The lowest BCUT2D eigenvalue weighted by molar-refractivity contribution is 0.476. The van der Waals surface area contributed by atoms with Crippen LogP contribution in [0.3, 0.4) is 0 Å². The fourth-order valence-electron chi connectivity index (χ4n) is 1.45. The highest BCUT2D eigenvalue weighted by atomic mass is 35.5. The third-order valence-corrected chi connectivity index (χ3v) is 4.09. The number of benzene rings is 1. The lowest BCUT2D eigenvalue weighted by Gasteiger charge is -2.02. The summed E-state index contributed by atoms with van der Waals surface area (Å²) in [5.74, 6) is -0.205. The monoisotopic (exact) mass is 336 g/mol. The van der Waals surface area contributed by atoms with Crippen molar-refractivity contribution in [1.29, 1.82) is 10.5 Å². The SMILES string of the molecule is CC1=NC(=C(C#N)C#N)SC1=Nc1cc(Cl)c(O)c(Cl)c1. The summed E-state index contributed by atoms with van der Waals surface area (Å²) < 4.78 is 0. The molecule has 104 valence electrons. The highest BCUT2D eigenvalue weighted by Gasteiger charge is 2.21. The topological polar surface area (TPSA) is 92.5 Å². The van der Waals surface area contributed by atoms with Crippen molar-refractivity contribution in [2.45, 2.75) is 6.92 Å². The molecule has 1 aliphatic heterocycles. The predicted octanol–water partition coefficient (Wildman–Crippen LogP) is 4.20. The summed E-state index contributed by atoms with van der Waals surface area (Å²) in [6.07, 6.45) is 0. The summed E-state index contributed by atoms with van der Waals surface area (Å²) in [6.45, 7) is 1.72. The van der Waals surface area contributed by atoms with E-state index in [2.05, 4.69) is 9.98 Å². The number of halogens is 2. The molecule has 0 bridgehead atoms. The number of phenolic OH excluding ortho intramolecular Hbond substituents is 1. The normalized spacial score (nSPS) is 15.6. The van der Waals surface area contributed by atoms with Crippen LogP contribution >= 0.6 is 35.0 Å². The van der Waals surface area contributed by atoms with Crippen molar-refractivity contribution in [2.24, 2.45) is 9.98 Å². The van der Waals surface area contributed by atoms with Crippen molar-refractivity contribution in [3.8, 4) is 17.9 Å². The van der Waals surface area contributed by atoms with Gasteiger partial charge < -0.3 is 5.11 Å². The van der Waals surface area contributed by atoms with E-state index in [9.17, 15) is 5.11 Å². The van der Waals surface area contributed by atoms with E-state index in [4.69, 9.17) is 33.7 Å². The summed E-state index contributed by atoms with van der Waals surface area (Å²) in [7, 11) is 0. The Hall–Kier alpha value is -1.99. The Balaban J connectivity index is 2.42. The summed E-state index contributed by atoms with van der Waals surface area (Å²) in [5, 5.41) is 28.2.